The molecule has 0 aliphatic heterocycles. The number of esters is 1. The fraction of sp³-hybridized carbons (Fsp3) is 0.154. The molecule has 0 N–H and O–H groups in total. The lowest BCUT2D eigenvalue weighted by molar-refractivity contribution is 0.0734. The minimum Gasteiger partial charge on any atom is -0.423 e. The molecule has 0 spiro atoms. The van der Waals surface area contributed by atoms with Gasteiger partial charge >= 0.3 is 5.97 Å². The first-order valence-corrected chi connectivity index (χ1v) is 10.0. The van der Waals surface area contributed by atoms with Crippen molar-refractivity contribution in [3.05, 3.63) is 106 Å². The van der Waals surface area contributed by atoms with Crippen LogP contribution in [-0.2, 0) is 5.41 Å². The average Bonchev–Trinajstić information content (AvgIpc) is 2.73. The summed E-state index contributed by atoms with van der Waals surface area (Å²) < 4.78 is 5.42. The van der Waals surface area contributed by atoms with Gasteiger partial charge in [-0.2, -0.15) is 0 Å². The highest BCUT2D eigenvalue weighted by Gasteiger charge is 2.15. The molecule has 0 heterocycles. The van der Waals surface area contributed by atoms with Crippen LogP contribution >= 0.6 is 11.6 Å². The average molecular weight is 419 g/mol. The molecule has 0 aliphatic rings. The van der Waals surface area contributed by atoms with Crippen molar-refractivity contribution in [2.45, 2.75) is 26.2 Å². The summed E-state index contributed by atoms with van der Waals surface area (Å²) in [6.07, 6.45) is 3.23. The molecule has 0 bridgehead atoms. The van der Waals surface area contributed by atoms with Gasteiger partial charge in [-0.3, -0.25) is 4.79 Å². The van der Waals surface area contributed by atoms with Crippen LogP contribution in [0.5, 0.6) is 5.75 Å². The molecule has 0 unspecified atom stereocenters. The number of hydrogen-bond acceptors (Lipinski definition) is 3. The van der Waals surface area contributed by atoms with E-state index in [2.05, 4.69) is 20.8 Å². The van der Waals surface area contributed by atoms with Gasteiger partial charge in [-0.1, -0.05) is 62.7 Å². The maximum absolute atomic E-state index is 12.4. The van der Waals surface area contributed by atoms with Crippen LogP contribution in [0, 0.1) is 0 Å². The summed E-state index contributed by atoms with van der Waals surface area (Å²) in [6.45, 7) is 6.36. The molecule has 4 heteroatoms. The van der Waals surface area contributed by atoms with Crippen molar-refractivity contribution >= 4 is 29.4 Å². The third-order valence-corrected chi connectivity index (χ3v) is 4.89. The smallest absolute Gasteiger partial charge is 0.343 e. The number of carbonyl (C=O) groups excluding carboxylic acids is 2. The van der Waals surface area contributed by atoms with Crippen molar-refractivity contribution in [1.82, 2.24) is 0 Å². The second kappa shape index (κ2) is 9.10. The third-order valence-electron chi connectivity index (χ3n) is 4.63. The van der Waals surface area contributed by atoms with E-state index in [9.17, 15) is 9.59 Å². The van der Waals surface area contributed by atoms with Crippen LogP contribution < -0.4 is 4.74 Å². The van der Waals surface area contributed by atoms with E-state index in [-0.39, 0.29) is 11.2 Å². The second-order valence-electron chi connectivity index (χ2n) is 7.99. The van der Waals surface area contributed by atoms with Crippen LogP contribution in [0.3, 0.4) is 0 Å². The normalized spacial score (nSPS) is 11.5. The van der Waals surface area contributed by atoms with Gasteiger partial charge in [0.05, 0.1) is 5.56 Å². The summed E-state index contributed by atoms with van der Waals surface area (Å²) in [5, 5.41) is 0.647. The summed E-state index contributed by atoms with van der Waals surface area (Å²) in [4.78, 5) is 24.7. The first-order valence-electron chi connectivity index (χ1n) is 9.63. The Morgan fingerprint density at radius 2 is 1.37 bits per heavy atom. The molecule has 0 amide bonds. The molecule has 152 valence electrons. The number of ether oxygens (including phenoxy) is 1. The lowest BCUT2D eigenvalue weighted by atomic mass is 9.87. The van der Waals surface area contributed by atoms with Crippen LogP contribution in [0.25, 0.3) is 6.08 Å². The Balaban J connectivity index is 1.63. The van der Waals surface area contributed by atoms with Crippen molar-refractivity contribution in [3.63, 3.8) is 0 Å². The number of halogens is 1. The van der Waals surface area contributed by atoms with E-state index in [1.165, 1.54) is 6.08 Å². The molecule has 0 saturated carbocycles. The summed E-state index contributed by atoms with van der Waals surface area (Å²) in [6, 6.07) is 21.1. The van der Waals surface area contributed by atoms with Gasteiger partial charge < -0.3 is 4.74 Å². The zero-order valence-electron chi connectivity index (χ0n) is 17.2. The van der Waals surface area contributed by atoms with Gasteiger partial charge in [-0.15, -0.1) is 0 Å². The standard InChI is InChI=1S/C26H23ClO3/c1-26(2,3)21-11-7-20(8-12-21)25(29)30-23-15-9-19(10-16-23)24(28)17-6-18-4-13-22(27)14-5-18/h4-17H,1-3H3. The minimum atomic E-state index is -0.433. The fourth-order valence-electron chi connectivity index (χ4n) is 2.80. The van der Waals surface area contributed by atoms with Gasteiger partial charge in [0.1, 0.15) is 5.75 Å². The van der Waals surface area contributed by atoms with E-state index in [1.807, 2.05) is 24.3 Å². The molecular formula is C26H23ClO3. The van der Waals surface area contributed by atoms with Crippen molar-refractivity contribution in [2.24, 2.45) is 0 Å². The summed E-state index contributed by atoms with van der Waals surface area (Å²) in [7, 11) is 0. The van der Waals surface area contributed by atoms with Crippen LogP contribution in [0.4, 0.5) is 0 Å². The molecule has 30 heavy (non-hydrogen) atoms. The van der Waals surface area contributed by atoms with Crippen LogP contribution in [0.1, 0.15) is 52.6 Å². The maximum atomic E-state index is 12.4. The Kier molecular flexibility index (Phi) is 6.53. The van der Waals surface area contributed by atoms with E-state index in [1.54, 1.807) is 54.6 Å². The van der Waals surface area contributed by atoms with E-state index >= 15 is 0 Å². The quantitative estimate of drug-likeness (QED) is 0.199. The van der Waals surface area contributed by atoms with Gasteiger partial charge in [-0.25, -0.2) is 4.79 Å². The molecule has 0 radical (unpaired) electrons. The fourth-order valence-corrected chi connectivity index (χ4v) is 2.93. The summed E-state index contributed by atoms with van der Waals surface area (Å²) in [5.41, 5.74) is 3.04. The summed E-state index contributed by atoms with van der Waals surface area (Å²) in [5.74, 6) is -0.184. The number of benzene rings is 3. The Morgan fingerprint density at radius 3 is 1.93 bits per heavy atom. The molecule has 3 rings (SSSR count). The first-order chi connectivity index (χ1) is 14.2. The highest BCUT2D eigenvalue weighted by Crippen LogP contribution is 2.23. The lowest BCUT2D eigenvalue weighted by Gasteiger charge is -2.18. The Labute approximate surface area is 182 Å². The molecule has 0 saturated heterocycles. The molecule has 0 aliphatic carbocycles. The number of carbonyl (C=O) groups is 2. The number of allylic oxidation sites excluding steroid dienone is 1. The predicted molar refractivity (Wildman–Crippen MR) is 121 cm³/mol. The van der Waals surface area contributed by atoms with Crippen molar-refractivity contribution < 1.29 is 14.3 Å². The van der Waals surface area contributed by atoms with Crippen molar-refractivity contribution in [2.75, 3.05) is 0 Å². The Morgan fingerprint density at radius 1 is 0.800 bits per heavy atom. The van der Waals surface area contributed by atoms with Gasteiger partial charge in [0, 0.05) is 10.6 Å². The maximum Gasteiger partial charge on any atom is 0.343 e. The number of ketones is 1. The predicted octanol–water partition coefficient (Wildman–Crippen LogP) is 6.75. The van der Waals surface area contributed by atoms with E-state index < -0.39 is 5.97 Å². The molecular weight excluding hydrogens is 396 g/mol. The van der Waals surface area contributed by atoms with Crippen LogP contribution in [-0.4, -0.2) is 11.8 Å². The molecule has 3 nitrogen and oxygen atoms in total. The summed E-state index contributed by atoms with van der Waals surface area (Å²) >= 11 is 5.86. The van der Waals surface area contributed by atoms with Gasteiger partial charge in [0.15, 0.2) is 5.78 Å². The van der Waals surface area contributed by atoms with Crippen molar-refractivity contribution in [3.8, 4) is 5.75 Å². The molecule has 3 aromatic rings. The largest absolute Gasteiger partial charge is 0.423 e. The molecule has 0 fully saturated rings. The Hall–Kier alpha value is -3.17. The van der Waals surface area contributed by atoms with E-state index in [0.717, 1.165) is 11.1 Å². The topological polar surface area (TPSA) is 43.4 Å². The van der Waals surface area contributed by atoms with Crippen LogP contribution in [0.15, 0.2) is 78.9 Å². The lowest BCUT2D eigenvalue weighted by Crippen LogP contribution is -2.13. The SMILES string of the molecule is CC(C)(C)c1ccc(C(=O)Oc2ccc(C(=O)C=Cc3ccc(Cl)cc3)cc2)cc1. The molecule has 0 aromatic heterocycles. The van der Waals surface area contributed by atoms with Gasteiger partial charge in [0.2, 0.25) is 0 Å². The highest BCUT2D eigenvalue weighted by atomic mass is 35.5. The monoisotopic (exact) mass is 418 g/mol. The van der Waals surface area contributed by atoms with Crippen molar-refractivity contribution in [1.29, 1.82) is 0 Å². The first kappa shape index (κ1) is 21.5. The van der Waals surface area contributed by atoms with E-state index in [0.29, 0.717) is 21.9 Å². The van der Waals surface area contributed by atoms with Gasteiger partial charge in [-0.05, 0) is 71.1 Å². The van der Waals surface area contributed by atoms with Gasteiger partial charge in [0.25, 0.3) is 0 Å². The number of hydrogen-bond donors (Lipinski definition) is 0. The Bertz CT molecular complexity index is 1060. The highest BCUT2D eigenvalue weighted by molar-refractivity contribution is 6.30. The molecule has 3 aromatic carbocycles. The van der Waals surface area contributed by atoms with Crippen LogP contribution in [0.2, 0.25) is 5.02 Å². The zero-order chi connectivity index (χ0) is 21.7. The number of rotatable bonds is 5. The second-order valence-corrected chi connectivity index (χ2v) is 8.43. The molecule has 0 atom stereocenters. The third kappa shape index (κ3) is 5.68. The minimum absolute atomic E-state index is 0.0206. The zero-order valence-corrected chi connectivity index (χ0v) is 17.9. The van der Waals surface area contributed by atoms with E-state index in [4.69, 9.17) is 16.3 Å².